The number of hydrogen-bond donors (Lipinski definition) is 2. The molecule has 41 heavy (non-hydrogen) atoms. The van der Waals surface area contributed by atoms with Gasteiger partial charge in [0, 0.05) is 19.1 Å². The molecular weight excluding hydrogens is 524 g/mol. The number of ether oxygens (including phenoxy) is 4. The van der Waals surface area contributed by atoms with Gasteiger partial charge < -0.3 is 24.4 Å². The molecule has 4 saturated carbocycles. The van der Waals surface area contributed by atoms with Crippen molar-refractivity contribution in [3.63, 3.8) is 0 Å². The number of methoxy groups -OCH3 is 2. The first-order valence-electron chi connectivity index (χ1n) is 14.1. The van der Waals surface area contributed by atoms with Gasteiger partial charge in [0.25, 0.3) is 0 Å². The molecule has 222 valence electrons. The van der Waals surface area contributed by atoms with Crippen molar-refractivity contribution in [1.82, 2.24) is 0 Å². The van der Waals surface area contributed by atoms with Crippen molar-refractivity contribution in [3.8, 4) is 5.75 Å². The highest BCUT2D eigenvalue weighted by atomic mass is 16.7. The molecule has 2 aromatic rings. The molecule has 10 heteroatoms. The van der Waals surface area contributed by atoms with Gasteiger partial charge in [-0.3, -0.25) is 11.7 Å². The van der Waals surface area contributed by atoms with Crippen LogP contribution < -0.4 is 16.4 Å². The Hall–Kier alpha value is -3.15. The molecule has 2 aromatic carbocycles. The molecule has 4 fully saturated rings. The third-order valence-electron chi connectivity index (χ3n) is 8.92. The normalized spacial score (nSPS) is 25.4. The van der Waals surface area contributed by atoms with E-state index in [4.69, 9.17) is 18.9 Å². The summed E-state index contributed by atoms with van der Waals surface area (Å²) in [5.74, 6) is 11.1. The Balaban J connectivity index is 0.00000126. The Bertz CT molecular complexity index is 1220. The van der Waals surface area contributed by atoms with Gasteiger partial charge in [0.15, 0.2) is 6.79 Å². The Kier molecular flexibility index (Phi) is 10.3. The van der Waals surface area contributed by atoms with Gasteiger partial charge in [0.1, 0.15) is 5.75 Å². The van der Waals surface area contributed by atoms with Crippen LogP contribution in [0.2, 0.25) is 0 Å². The third kappa shape index (κ3) is 6.52. The van der Waals surface area contributed by atoms with Crippen LogP contribution in [0.1, 0.15) is 72.0 Å². The number of hydrazine groups is 1. The van der Waals surface area contributed by atoms with E-state index in [-0.39, 0.29) is 23.7 Å². The minimum atomic E-state index is -0.342. The summed E-state index contributed by atoms with van der Waals surface area (Å²) in [5, 5.41) is 9.09. The highest BCUT2D eigenvalue weighted by Crippen LogP contribution is 2.62. The van der Waals surface area contributed by atoms with E-state index in [9.17, 15) is 4.79 Å². The molecule has 5 aliphatic rings. The van der Waals surface area contributed by atoms with Crippen LogP contribution in [0.3, 0.4) is 0 Å². The van der Waals surface area contributed by atoms with E-state index in [2.05, 4.69) is 40.1 Å². The van der Waals surface area contributed by atoms with E-state index in [0.717, 1.165) is 46.1 Å². The minimum absolute atomic E-state index is 0. The van der Waals surface area contributed by atoms with Crippen molar-refractivity contribution in [1.29, 1.82) is 0 Å². The Morgan fingerprint density at radius 2 is 1.46 bits per heavy atom. The van der Waals surface area contributed by atoms with E-state index in [0.29, 0.717) is 25.2 Å². The van der Waals surface area contributed by atoms with E-state index in [1.165, 1.54) is 51.2 Å². The second kappa shape index (κ2) is 13.7. The average molecular weight is 567 g/mol. The van der Waals surface area contributed by atoms with Gasteiger partial charge in [-0.1, -0.05) is 12.1 Å². The van der Waals surface area contributed by atoms with Crippen molar-refractivity contribution in [2.75, 3.05) is 34.2 Å². The zero-order chi connectivity index (χ0) is 28.1. The number of hydrogen-bond acceptors (Lipinski definition) is 9. The summed E-state index contributed by atoms with van der Waals surface area (Å²) in [6, 6.07) is 13.9. The molecule has 1 heterocycles. The predicted molar refractivity (Wildman–Crippen MR) is 157 cm³/mol. The number of carbonyl (C=O) groups excluding carboxylic acids is 1. The lowest BCUT2D eigenvalue weighted by atomic mass is 9.48. The molecule has 0 spiro atoms. The fraction of sp³-hybridized carbons (Fsp3) is 0.516. The topological polar surface area (TPSA) is 162 Å². The Labute approximate surface area is 241 Å². The molecule has 6 N–H and O–H groups in total. The highest BCUT2D eigenvalue weighted by molar-refractivity contribution is 6.20. The van der Waals surface area contributed by atoms with Crippen LogP contribution in [0.25, 0.3) is 0 Å². The molecule has 0 amide bonds. The van der Waals surface area contributed by atoms with Crippen LogP contribution in [0.15, 0.2) is 52.7 Å². The summed E-state index contributed by atoms with van der Waals surface area (Å²) in [5.41, 5.74) is 5.96. The van der Waals surface area contributed by atoms with Crippen LogP contribution in [-0.2, 0) is 19.6 Å². The van der Waals surface area contributed by atoms with Crippen molar-refractivity contribution in [2.45, 2.75) is 50.4 Å². The van der Waals surface area contributed by atoms with Gasteiger partial charge in [-0.15, -0.1) is 0 Å². The molecule has 0 unspecified atom stereocenters. The maximum Gasteiger partial charge on any atom is 0.337 e. The van der Waals surface area contributed by atoms with Crippen LogP contribution >= 0.6 is 0 Å². The largest absolute Gasteiger partial charge is 0.467 e. The highest BCUT2D eigenvalue weighted by Gasteiger charge is 2.52. The van der Waals surface area contributed by atoms with Gasteiger partial charge in [0.2, 0.25) is 0 Å². The lowest BCUT2D eigenvalue weighted by Crippen LogP contribution is -2.48. The van der Waals surface area contributed by atoms with E-state index in [1.807, 2.05) is 12.1 Å². The smallest absolute Gasteiger partial charge is 0.337 e. The van der Waals surface area contributed by atoms with Crippen molar-refractivity contribution in [2.24, 2.45) is 39.6 Å². The summed E-state index contributed by atoms with van der Waals surface area (Å²) in [6.45, 7) is 1.29. The Morgan fingerprint density at radius 1 is 0.878 bits per heavy atom. The van der Waals surface area contributed by atoms with Gasteiger partial charge in [0.05, 0.1) is 37.3 Å². The summed E-state index contributed by atoms with van der Waals surface area (Å²) >= 11 is 0. The van der Waals surface area contributed by atoms with Gasteiger partial charge >= 0.3 is 5.97 Å². The number of benzene rings is 2. The van der Waals surface area contributed by atoms with E-state index >= 15 is 0 Å². The van der Waals surface area contributed by atoms with Gasteiger partial charge in [-0.2, -0.15) is 10.2 Å². The summed E-state index contributed by atoms with van der Waals surface area (Å²) in [7, 11) is 3.06. The monoisotopic (exact) mass is 566 g/mol. The van der Waals surface area contributed by atoms with Gasteiger partial charge in [-0.25, -0.2) is 4.79 Å². The third-order valence-corrected chi connectivity index (χ3v) is 8.92. The van der Waals surface area contributed by atoms with Crippen molar-refractivity contribution < 1.29 is 29.2 Å². The lowest BCUT2D eigenvalue weighted by Gasteiger charge is -2.57. The standard InChI is InChI=1S/C31H36N2O5.H4N2.H2O/c1-35-9-10-37-19-38-29-8-7-25(14-26(29)31-16-20-11-21(17-31)13-22(12-20)18-31)28-15-27(32-33-28)23-3-5-24(6-4-23)30(34)36-2;1-2;/h3-8,14,20-22H,9-13,15-19H2,1-2H3;1-2H2;1H2. The van der Waals surface area contributed by atoms with Gasteiger partial charge in [-0.05, 0) is 103 Å². The molecule has 7 rings (SSSR count). The molecule has 1 aliphatic heterocycles. The molecule has 0 aromatic heterocycles. The fourth-order valence-corrected chi connectivity index (χ4v) is 7.58. The molecule has 0 saturated heterocycles. The number of carbonyl (C=O) groups is 1. The van der Waals surface area contributed by atoms with E-state index in [1.54, 1.807) is 19.2 Å². The average Bonchev–Trinajstić information content (AvgIpc) is 3.48. The summed E-state index contributed by atoms with van der Waals surface area (Å²) < 4.78 is 21.8. The first-order chi connectivity index (χ1) is 19.6. The van der Waals surface area contributed by atoms with Crippen LogP contribution in [-0.4, -0.2) is 57.1 Å². The molecule has 0 radical (unpaired) electrons. The molecular formula is C31H42N4O6. The zero-order valence-electron chi connectivity index (χ0n) is 23.9. The fourth-order valence-electron chi connectivity index (χ4n) is 7.58. The van der Waals surface area contributed by atoms with Crippen LogP contribution in [0, 0.1) is 17.8 Å². The Morgan fingerprint density at radius 3 is 2.05 bits per heavy atom. The number of nitrogens with two attached hydrogens (primary N) is 2. The molecule has 10 nitrogen and oxygen atoms in total. The number of rotatable bonds is 10. The number of nitrogens with zero attached hydrogens (tertiary/aromatic N) is 2. The van der Waals surface area contributed by atoms with E-state index < -0.39 is 0 Å². The second-order valence-electron chi connectivity index (χ2n) is 11.4. The SMILES string of the molecule is COCCOCOc1ccc(C2=NN=C(c3ccc(C(=O)OC)cc3)C2)cc1C12CC3CC(CC(C3)C1)C2.NN.O. The second-order valence-corrected chi connectivity index (χ2v) is 11.4. The predicted octanol–water partition coefficient (Wildman–Crippen LogP) is 3.53. The summed E-state index contributed by atoms with van der Waals surface area (Å²) in [6.07, 6.45) is 8.60. The summed E-state index contributed by atoms with van der Waals surface area (Å²) in [4.78, 5) is 11.8. The van der Waals surface area contributed by atoms with Crippen LogP contribution in [0.5, 0.6) is 5.75 Å². The quantitative estimate of drug-likeness (QED) is 0.146. The maximum atomic E-state index is 11.8. The molecule has 0 atom stereocenters. The maximum absolute atomic E-state index is 11.8. The lowest BCUT2D eigenvalue weighted by molar-refractivity contribution is -0.0189. The zero-order valence-corrected chi connectivity index (χ0v) is 23.9. The van der Waals surface area contributed by atoms with Crippen LogP contribution in [0.4, 0.5) is 0 Å². The first-order valence-corrected chi connectivity index (χ1v) is 14.1. The van der Waals surface area contributed by atoms with Crippen molar-refractivity contribution >= 4 is 17.4 Å². The number of esters is 1. The molecule has 4 aliphatic carbocycles. The first kappa shape index (κ1) is 30.8. The minimum Gasteiger partial charge on any atom is -0.467 e. The molecule has 4 bridgehead atoms. The van der Waals surface area contributed by atoms with Crippen molar-refractivity contribution in [3.05, 3.63) is 64.7 Å².